The molecule has 11 rings (SSSR count). The van der Waals surface area contributed by atoms with Crippen LogP contribution in [0.3, 0.4) is 0 Å². The Balaban J connectivity index is 1.04. The van der Waals surface area contributed by atoms with E-state index in [1.165, 1.54) is 55.3 Å². The first-order valence-electron chi connectivity index (χ1n) is 20.3. The van der Waals surface area contributed by atoms with E-state index >= 15 is 0 Å². The summed E-state index contributed by atoms with van der Waals surface area (Å²) in [4.78, 5) is 14.8. The standard InChI is InChI=1S/C56H39N3/c1-56(2)49-23-11-22-45(54(49)53-44-19-7-6-13-37(44)28-31-50(53)56)41-17-10-16-40(33-41)43-29-30-48(47-21-9-8-20-46(43)47)55-58-51(38-14-4-3-5-15-38)34-52(59-55)39-26-24-36(25-27-39)42-18-12-32-57-35-42/h3-35H,1-2H3. The van der Waals surface area contributed by atoms with E-state index in [0.717, 1.165) is 50.0 Å². The number of hydrogen-bond donors (Lipinski definition) is 0. The molecular formula is C56H39N3. The lowest BCUT2D eigenvalue weighted by atomic mass is 9.81. The van der Waals surface area contributed by atoms with Gasteiger partial charge < -0.3 is 0 Å². The highest BCUT2D eigenvalue weighted by Gasteiger charge is 2.37. The molecule has 0 fully saturated rings. The fraction of sp³-hybridized carbons (Fsp3) is 0.0536. The molecule has 0 N–H and O–H groups in total. The van der Waals surface area contributed by atoms with Crippen molar-refractivity contribution in [3.05, 3.63) is 212 Å². The molecule has 0 saturated carbocycles. The summed E-state index contributed by atoms with van der Waals surface area (Å²) in [6, 6.07) is 67.6. The molecule has 1 aliphatic rings. The van der Waals surface area contributed by atoms with Gasteiger partial charge in [0.1, 0.15) is 0 Å². The van der Waals surface area contributed by atoms with E-state index in [0.29, 0.717) is 5.82 Å². The fourth-order valence-electron chi connectivity index (χ4n) is 9.23. The van der Waals surface area contributed by atoms with Crippen LogP contribution in [0.4, 0.5) is 0 Å². The van der Waals surface area contributed by atoms with Gasteiger partial charge in [-0.15, -0.1) is 0 Å². The van der Waals surface area contributed by atoms with Crippen LogP contribution in [0.2, 0.25) is 0 Å². The molecule has 8 aromatic carbocycles. The Morgan fingerprint density at radius 1 is 0.373 bits per heavy atom. The SMILES string of the molecule is CC1(C)c2cccc(-c3cccc(-c4ccc(-c5nc(-c6ccccc6)cc(-c6ccc(-c7cccnc7)cc6)n5)c5ccccc45)c3)c2-c2c1ccc1ccccc21. The van der Waals surface area contributed by atoms with Crippen molar-refractivity contribution in [2.75, 3.05) is 0 Å². The Labute approximate surface area is 344 Å². The van der Waals surface area contributed by atoms with Gasteiger partial charge in [0.25, 0.3) is 0 Å². The van der Waals surface area contributed by atoms with Crippen LogP contribution in [0.5, 0.6) is 0 Å². The molecule has 0 unspecified atom stereocenters. The van der Waals surface area contributed by atoms with Gasteiger partial charge in [0.05, 0.1) is 11.4 Å². The van der Waals surface area contributed by atoms with Gasteiger partial charge >= 0.3 is 0 Å². The summed E-state index contributed by atoms with van der Waals surface area (Å²) in [5.41, 5.74) is 17.2. The van der Waals surface area contributed by atoms with Crippen molar-refractivity contribution in [3.63, 3.8) is 0 Å². The van der Waals surface area contributed by atoms with Crippen LogP contribution < -0.4 is 0 Å². The van der Waals surface area contributed by atoms with E-state index in [1.807, 2.05) is 18.3 Å². The van der Waals surface area contributed by atoms with Crippen LogP contribution >= 0.6 is 0 Å². The third kappa shape index (κ3) is 5.85. The van der Waals surface area contributed by atoms with Gasteiger partial charge in [-0.3, -0.25) is 4.98 Å². The maximum absolute atomic E-state index is 5.27. The molecule has 278 valence electrons. The van der Waals surface area contributed by atoms with Crippen molar-refractivity contribution in [3.8, 4) is 78.4 Å². The molecule has 0 saturated heterocycles. The van der Waals surface area contributed by atoms with E-state index in [1.54, 1.807) is 6.20 Å². The van der Waals surface area contributed by atoms with Crippen molar-refractivity contribution in [2.45, 2.75) is 19.3 Å². The molecule has 0 aliphatic heterocycles. The second kappa shape index (κ2) is 13.9. The first kappa shape index (κ1) is 34.7. The van der Waals surface area contributed by atoms with Crippen molar-refractivity contribution in [1.82, 2.24) is 15.0 Å². The van der Waals surface area contributed by atoms with E-state index in [-0.39, 0.29) is 5.41 Å². The molecule has 59 heavy (non-hydrogen) atoms. The minimum absolute atomic E-state index is 0.0998. The number of aromatic nitrogens is 3. The lowest BCUT2D eigenvalue weighted by Crippen LogP contribution is -2.14. The van der Waals surface area contributed by atoms with Crippen LogP contribution in [-0.4, -0.2) is 15.0 Å². The maximum Gasteiger partial charge on any atom is 0.161 e. The summed E-state index contributed by atoms with van der Waals surface area (Å²) in [5, 5.41) is 4.86. The highest BCUT2D eigenvalue weighted by molar-refractivity contribution is 6.08. The summed E-state index contributed by atoms with van der Waals surface area (Å²) in [6.07, 6.45) is 3.70. The Bertz CT molecular complexity index is 3220. The van der Waals surface area contributed by atoms with Gasteiger partial charge in [-0.25, -0.2) is 9.97 Å². The third-order valence-corrected chi connectivity index (χ3v) is 12.2. The highest BCUT2D eigenvalue weighted by atomic mass is 14.9. The van der Waals surface area contributed by atoms with E-state index < -0.39 is 0 Å². The quantitative estimate of drug-likeness (QED) is 0.170. The van der Waals surface area contributed by atoms with E-state index in [9.17, 15) is 0 Å². The fourth-order valence-corrected chi connectivity index (χ4v) is 9.23. The Morgan fingerprint density at radius 2 is 0.966 bits per heavy atom. The zero-order valence-corrected chi connectivity index (χ0v) is 32.9. The molecule has 10 aromatic rings. The molecule has 2 heterocycles. The molecular weight excluding hydrogens is 715 g/mol. The van der Waals surface area contributed by atoms with E-state index in [4.69, 9.17) is 9.97 Å². The number of pyridine rings is 1. The second-order valence-electron chi connectivity index (χ2n) is 16.0. The number of rotatable bonds is 6. The van der Waals surface area contributed by atoms with Crippen LogP contribution in [0.15, 0.2) is 200 Å². The molecule has 3 heteroatoms. The van der Waals surface area contributed by atoms with Crippen LogP contribution in [0.1, 0.15) is 25.0 Å². The van der Waals surface area contributed by atoms with Gasteiger partial charge in [-0.1, -0.05) is 178 Å². The monoisotopic (exact) mass is 753 g/mol. The third-order valence-electron chi connectivity index (χ3n) is 12.2. The van der Waals surface area contributed by atoms with Crippen molar-refractivity contribution < 1.29 is 0 Å². The first-order valence-corrected chi connectivity index (χ1v) is 20.3. The molecule has 1 aliphatic carbocycles. The Morgan fingerprint density at radius 3 is 1.73 bits per heavy atom. The van der Waals surface area contributed by atoms with Gasteiger partial charge in [0.2, 0.25) is 0 Å². The Kier molecular flexibility index (Phi) is 8.16. The summed E-state index contributed by atoms with van der Waals surface area (Å²) < 4.78 is 0. The predicted octanol–water partition coefficient (Wildman–Crippen LogP) is 14.5. The van der Waals surface area contributed by atoms with Crippen LogP contribution in [-0.2, 0) is 5.41 Å². The molecule has 3 nitrogen and oxygen atoms in total. The number of fused-ring (bicyclic) bond motifs is 6. The highest BCUT2D eigenvalue weighted by Crippen LogP contribution is 2.54. The van der Waals surface area contributed by atoms with E-state index in [2.05, 4.69) is 195 Å². The average Bonchev–Trinajstić information content (AvgIpc) is 3.55. The summed E-state index contributed by atoms with van der Waals surface area (Å²) in [7, 11) is 0. The minimum atomic E-state index is -0.0998. The maximum atomic E-state index is 5.27. The number of hydrogen-bond acceptors (Lipinski definition) is 3. The molecule has 0 amide bonds. The Hall–Kier alpha value is -7.49. The average molecular weight is 754 g/mol. The largest absolute Gasteiger partial charge is 0.264 e. The zero-order valence-electron chi connectivity index (χ0n) is 32.9. The van der Waals surface area contributed by atoms with Crippen molar-refractivity contribution >= 4 is 21.5 Å². The van der Waals surface area contributed by atoms with Crippen molar-refractivity contribution in [2.24, 2.45) is 0 Å². The lowest BCUT2D eigenvalue weighted by molar-refractivity contribution is 0.661. The topological polar surface area (TPSA) is 38.7 Å². The van der Waals surface area contributed by atoms with Crippen molar-refractivity contribution in [1.29, 1.82) is 0 Å². The molecule has 0 atom stereocenters. The van der Waals surface area contributed by atoms with Gasteiger partial charge in [0.15, 0.2) is 5.82 Å². The summed E-state index contributed by atoms with van der Waals surface area (Å²) in [6.45, 7) is 4.73. The minimum Gasteiger partial charge on any atom is -0.264 e. The first-order chi connectivity index (χ1) is 29.0. The molecule has 0 radical (unpaired) electrons. The van der Waals surface area contributed by atoms with Gasteiger partial charge in [-0.2, -0.15) is 0 Å². The predicted molar refractivity (Wildman–Crippen MR) is 245 cm³/mol. The number of nitrogens with zero attached hydrogens (tertiary/aromatic N) is 3. The molecule has 0 spiro atoms. The van der Waals surface area contributed by atoms with Gasteiger partial charge in [0, 0.05) is 34.5 Å². The molecule has 0 bridgehead atoms. The number of benzene rings is 8. The zero-order chi connectivity index (χ0) is 39.5. The normalized spacial score (nSPS) is 12.7. The van der Waals surface area contributed by atoms with Crippen LogP contribution in [0, 0.1) is 0 Å². The lowest BCUT2D eigenvalue weighted by Gasteiger charge is -2.21. The summed E-state index contributed by atoms with van der Waals surface area (Å²) >= 11 is 0. The van der Waals surface area contributed by atoms with Gasteiger partial charge in [-0.05, 0) is 101 Å². The molecule has 2 aromatic heterocycles. The van der Waals surface area contributed by atoms with Crippen LogP contribution in [0.25, 0.3) is 100.0 Å². The second-order valence-corrected chi connectivity index (χ2v) is 16.0. The smallest absolute Gasteiger partial charge is 0.161 e. The summed E-state index contributed by atoms with van der Waals surface area (Å²) in [5.74, 6) is 0.697.